The van der Waals surface area contributed by atoms with Gasteiger partial charge in [-0.3, -0.25) is 4.90 Å². The monoisotopic (exact) mass is 252 g/mol. The maximum absolute atomic E-state index is 13.9. The first kappa shape index (κ1) is 13.3. The molecule has 1 aliphatic heterocycles. The Labute approximate surface area is 108 Å². The molecule has 0 spiro atoms. The number of nitrogens with zero attached hydrogens (tertiary/aromatic N) is 1. The summed E-state index contributed by atoms with van der Waals surface area (Å²) in [7, 11) is 0. The highest BCUT2D eigenvalue weighted by Crippen LogP contribution is 2.28. The van der Waals surface area contributed by atoms with Gasteiger partial charge in [0.05, 0.1) is 0 Å². The Bertz CT molecular complexity index is 405. The van der Waals surface area contributed by atoms with Gasteiger partial charge in [-0.15, -0.1) is 0 Å². The van der Waals surface area contributed by atoms with Gasteiger partial charge in [0.25, 0.3) is 0 Å². The molecule has 1 heterocycles. The van der Waals surface area contributed by atoms with Gasteiger partial charge in [0.2, 0.25) is 0 Å². The second-order valence-corrected chi connectivity index (χ2v) is 4.86. The number of aromatic hydroxyl groups is 1. The third-order valence-electron chi connectivity index (χ3n) is 3.80. The number of phenolic OH excluding ortho intramolecular Hbond substituents is 1. The molecule has 4 heteroatoms. The Morgan fingerprint density at radius 2 is 2.33 bits per heavy atom. The Morgan fingerprint density at radius 1 is 1.56 bits per heavy atom. The number of benzene rings is 1. The molecule has 2 rings (SSSR count). The van der Waals surface area contributed by atoms with E-state index in [0.717, 1.165) is 26.1 Å². The molecule has 18 heavy (non-hydrogen) atoms. The molecule has 2 unspecified atom stereocenters. The molecule has 1 saturated heterocycles. The summed E-state index contributed by atoms with van der Waals surface area (Å²) in [6.07, 6.45) is 1.11. The molecule has 1 aromatic rings. The quantitative estimate of drug-likeness (QED) is 0.863. The maximum atomic E-state index is 13.9. The molecule has 0 radical (unpaired) electrons. The lowest BCUT2D eigenvalue weighted by molar-refractivity contribution is 0.160. The maximum Gasteiger partial charge on any atom is 0.131 e. The van der Waals surface area contributed by atoms with Crippen LogP contribution < -0.4 is 5.32 Å². The number of likely N-dealkylation sites (N-methyl/N-ethyl adjacent to an activating group) is 1. The van der Waals surface area contributed by atoms with E-state index >= 15 is 0 Å². The fourth-order valence-electron chi connectivity index (χ4n) is 2.80. The molecule has 0 saturated carbocycles. The van der Waals surface area contributed by atoms with E-state index in [1.807, 2.05) is 6.92 Å². The van der Waals surface area contributed by atoms with Gasteiger partial charge in [-0.2, -0.15) is 0 Å². The molecule has 1 aliphatic rings. The van der Waals surface area contributed by atoms with E-state index in [-0.39, 0.29) is 17.6 Å². The molecule has 1 fully saturated rings. The van der Waals surface area contributed by atoms with Crippen molar-refractivity contribution in [3.63, 3.8) is 0 Å². The van der Waals surface area contributed by atoms with E-state index in [1.165, 1.54) is 6.07 Å². The van der Waals surface area contributed by atoms with Crippen LogP contribution in [0.25, 0.3) is 0 Å². The van der Waals surface area contributed by atoms with Gasteiger partial charge in [0, 0.05) is 30.3 Å². The highest BCUT2D eigenvalue weighted by Gasteiger charge is 2.27. The number of rotatable bonds is 4. The Kier molecular flexibility index (Phi) is 4.19. The summed E-state index contributed by atoms with van der Waals surface area (Å²) in [6.45, 7) is 7.03. The summed E-state index contributed by atoms with van der Waals surface area (Å²) >= 11 is 0. The van der Waals surface area contributed by atoms with Gasteiger partial charge in [-0.25, -0.2) is 4.39 Å². The lowest BCUT2D eigenvalue weighted by atomic mass is 10.0. The number of hydrogen-bond donors (Lipinski definition) is 2. The molecule has 0 bridgehead atoms. The van der Waals surface area contributed by atoms with Crippen molar-refractivity contribution in [1.29, 1.82) is 0 Å². The van der Waals surface area contributed by atoms with Crippen LogP contribution in [0.5, 0.6) is 5.75 Å². The fraction of sp³-hybridized carbons (Fsp3) is 0.571. The van der Waals surface area contributed by atoms with E-state index in [2.05, 4.69) is 17.1 Å². The topological polar surface area (TPSA) is 35.5 Å². The summed E-state index contributed by atoms with van der Waals surface area (Å²) < 4.78 is 13.9. The van der Waals surface area contributed by atoms with Crippen LogP contribution >= 0.6 is 0 Å². The van der Waals surface area contributed by atoms with Crippen molar-refractivity contribution in [2.45, 2.75) is 32.4 Å². The molecule has 2 atom stereocenters. The van der Waals surface area contributed by atoms with Crippen LogP contribution in [0.15, 0.2) is 18.2 Å². The summed E-state index contributed by atoms with van der Waals surface area (Å²) in [5, 5.41) is 12.6. The zero-order valence-corrected chi connectivity index (χ0v) is 11.0. The molecular weight excluding hydrogens is 231 g/mol. The van der Waals surface area contributed by atoms with Crippen molar-refractivity contribution in [2.24, 2.45) is 0 Å². The van der Waals surface area contributed by atoms with Crippen LogP contribution in [-0.4, -0.2) is 35.7 Å². The predicted octanol–water partition coefficient (Wildman–Crippen LogP) is 2.28. The smallest absolute Gasteiger partial charge is 0.131 e. The molecule has 1 aromatic carbocycles. The Balaban J connectivity index is 2.19. The number of phenols is 1. The van der Waals surface area contributed by atoms with Gasteiger partial charge >= 0.3 is 0 Å². The highest BCUT2D eigenvalue weighted by atomic mass is 19.1. The molecule has 3 nitrogen and oxygen atoms in total. The van der Waals surface area contributed by atoms with E-state index in [1.54, 1.807) is 12.1 Å². The predicted molar refractivity (Wildman–Crippen MR) is 70.1 cm³/mol. The molecule has 0 aromatic heterocycles. The van der Waals surface area contributed by atoms with Crippen LogP contribution in [0.4, 0.5) is 4.39 Å². The average Bonchev–Trinajstić information content (AvgIpc) is 2.83. The van der Waals surface area contributed by atoms with E-state index in [4.69, 9.17) is 0 Å². The first-order valence-electron chi connectivity index (χ1n) is 6.58. The van der Waals surface area contributed by atoms with Gasteiger partial charge in [0.15, 0.2) is 0 Å². The first-order chi connectivity index (χ1) is 8.63. The minimum Gasteiger partial charge on any atom is -0.508 e. The van der Waals surface area contributed by atoms with Crippen LogP contribution in [0.3, 0.4) is 0 Å². The van der Waals surface area contributed by atoms with Crippen LogP contribution in [0.2, 0.25) is 0 Å². The standard InChI is InChI=1S/C14H21FN2O/c1-3-17(11-6-7-16-9-11)10(2)13-5-4-12(18)8-14(13)15/h4-5,8,10-11,16,18H,3,6-7,9H2,1-2H3. The largest absolute Gasteiger partial charge is 0.508 e. The molecule has 100 valence electrons. The van der Waals surface area contributed by atoms with Crippen LogP contribution in [-0.2, 0) is 0 Å². The van der Waals surface area contributed by atoms with Crippen LogP contribution in [0, 0.1) is 5.82 Å². The molecule has 2 N–H and O–H groups in total. The minimum absolute atomic E-state index is 0.0194. The van der Waals surface area contributed by atoms with E-state index < -0.39 is 0 Å². The lowest BCUT2D eigenvalue weighted by Crippen LogP contribution is -2.38. The third-order valence-corrected chi connectivity index (χ3v) is 3.80. The minimum atomic E-state index is -0.327. The molecule has 0 aliphatic carbocycles. The Hall–Kier alpha value is -1.13. The van der Waals surface area contributed by atoms with Gasteiger partial charge in [-0.1, -0.05) is 13.0 Å². The van der Waals surface area contributed by atoms with Crippen molar-refractivity contribution in [3.05, 3.63) is 29.6 Å². The van der Waals surface area contributed by atoms with Crippen molar-refractivity contribution < 1.29 is 9.50 Å². The van der Waals surface area contributed by atoms with Crippen molar-refractivity contribution in [1.82, 2.24) is 10.2 Å². The van der Waals surface area contributed by atoms with Gasteiger partial charge < -0.3 is 10.4 Å². The lowest BCUT2D eigenvalue weighted by Gasteiger charge is -2.33. The summed E-state index contributed by atoms with van der Waals surface area (Å²) in [5.74, 6) is -0.346. The number of nitrogens with one attached hydrogen (secondary N) is 1. The molecular formula is C14H21FN2O. The zero-order chi connectivity index (χ0) is 13.1. The van der Waals surface area contributed by atoms with Crippen LogP contribution in [0.1, 0.15) is 31.9 Å². The second-order valence-electron chi connectivity index (χ2n) is 4.86. The fourth-order valence-corrected chi connectivity index (χ4v) is 2.80. The third kappa shape index (κ3) is 2.65. The van der Waals surface area contributed by atoms with Crippen molar-refractivity contribution in [3.8, 4) is 5.75 Å². The molecule has 0 amide bonds. The first-order valence-corrected chi connectivity index (χ1v) is 6.58. The second kappa shape index (κ2) is 5.67. The van der Waals surface area contributed by atoms with Gasteiger partial charge in [-0.05, 0) is 32.5 Å². The van der Waals surface area contributed by atoms with Gasteiger partial charge in [0.1, 0.15) is 11.6 Å². The highest BCUT2D eigenvalue weighted by molar-refractivity contribution is 5.29. The van der Waals surface area contributed by atoms with E-state index in [9.17, 15) is 9.50 Å². The number of halogens is 1. The average molecular weight is 252 g/mol. The zero-order valence-electron chi connectivity index (χ0n) is 11.0. The summed E-state index contributed by atoms with van der Waals surface area (Å²) in [4.78, 5) is 2.31. The summed E-state index contributed by atoms with van der Waals surface area (Å²) in [6, 6.07) is 4.92. The van der Waals surface area contributed by atoms with Crippen molar-refractivity contribution in [2.75, 3.05) is 19.6 Å². The van der Waals surface area contributed by atoms with Crippen molar-refractivity contribution >= 4 is 0 Å². The van der Waals surface area contributed by atoms with E-state index in [0.29, 0.717) is 11.6 Å². The normalized spacial score (nSPS) is 21.4. The SMILES string of the molecule is CCN(C1CCNC1)C(C)c1ccc(O)cc1F. The number of hydrogen-bond acceptors (Lipinski definition) is 3. The summed E-state index contributed by atoms with van der Waals surface area (Å²) in [5.41, 5.74) is 0.654. The Morgan fingerprint density at radius 3 is 2.89 bits per heavy atom.